The number of rotatable bonds is 3. The first-order valence-electron chi connectivity index (χ1n) is 4.89. The Balaban J connectivity index is 2.16. The van der Waals surface area contributed by atoms with E-state index in [0.29, 0.717) is 8.67 Å². The fourth-order valence-corrected chi connectivity index (χ4v) is 4.04. The van der Waals surface area contributed by atoms with Crippen molar-refractivity contribution in [1.29, 1.82) is 0 Å². The Labute approximate surface area is 128 Å². The highest BCUT2D eigenvalue weighted by Crippen LogP contribution is 2.38. The van der Waals surface area contributed by atoms with Gasteiger partial charge in [-0.15, -0.1) is 22.9 Å². The topological polar surface area (TPSA) is 0 Å². The molecule has 0 N–H and O–H groups in total. The largest absolute Gasteiger partial charge is 0.117 e. The van der Waals surface area contributed by atoms with Gasteiger partial charge in [0.1, 0.15) is 0 Å². The molecule has 2 aromatic rings. The van der Waals surface area contributed by atoms with E-state index in [-0.39, 0.29) is 5.38 Å². The summed E-state index contributed by atoms with van der Waals surface area (Å²) in [5.41, 5.74) is 2.07. The van der Waals surface area contributed by atoms with Gasteiger partial charge in [0, 0.05) is 10.0 Å². The molecule has 0 radical (unpaired) electrons. The molecule has 0 fully saturated rings. The van der Waals surface area contributed by atoms with Crippen molar-refractivity contribution in [2.24, 2.45) is 0 Å². The third kappa shape index (κ3) is 3.62. The standard InChI is InChI=1S/C12H8BrCl3S/c13-8-3-1-2-7(4-8)5-10(14)9-6-11(15)17-12(9)16/h1-4,6,10H,5H2. The van der Waals surface area contributed by atoms with E-state index in [0.717, 1.165) is 22.0 Å². The molecule has 1 unspecified atom stereocenters. The van der Waals surface area contributed by atoms with Crippen LogP contribution in [0.5, 0.6) is 0 Å². The van der Waals surface area contributed by atoms with Crippen molar-refractivity contribution in [2.45, 2.75) is 11.8 Å². The monoisotopic (exact) mass is 368 g/mol. The van der Waals surface area contributed by atoms with Crippen LogP contribution in [0.25, 0.3) is 0 Å². The highest BCUT2D eigenvalue weighted by atomic mass is 79.9. The second-order valence-electron chi connectivity index (χ2n) is 3.58. The number of alkyl halides is 1. The lowest BCUT2D eigenvalue weighted by Crippen LogP contribution is -1.94. The summed E-state index contributed by atoms with van der Waals surface area (Å²) in [5.74, 6) is 0. The van der Waals surface area contributed by atoms with E-state index in [4.69, 9.17) is 34.8 Å². The van der Waals surface area contributed by atoms with E-state index in [9.17, 15) is 0 Å². The summed E-state index contributed by atoms with van der Waals surface area (Å²) in [6, 6.07) is 9.91. The van der Waals surface area contributed by atoms with Crippen LogP contribution in [0.4, 0.5) is 0 Å². The van der Waals surface area contributed by atoms with E-state index in [2.05, 4.69) is 22.0 Å². The van der Waals surface area contributed by atoms with Crippen molar-refractivity contribution in [3.63, 3.8) is 0 Å². The maximum Gasteiger partial charge on any atom is 0.0991 e. The van der Waals surface area contributed by atoms with Gasteiger partial charge < -0.3 is 0 Å². The smallest absolute Gasteiger partial charge is 0.0991 e. The summed E-state index contributed by atoms with van der Waals surface area (Å²) in [4.78, 5) is 0. The van der Waals surface area contributed by atoms with Crippen LogP contribution in [0.1, 0.15) is 16.5 Å². The molecule has 1 atom stereocenters. The van der Waals surface area contributed by atoms with Gasteiger partial charge in [0.15, 0.2) is 0 Å². The number of hydrogen-bond acceptors (Lipinski definition) is 1. The molecule has 1 heterocycles. The third-order valence-electron chi connectivity index (χ3n) is 2.32. The van der Waals surface area contributed by atoms with Gasteiger partial charge in [0.2, 0.25) is 0 Å². The predicted octanol–water partition coefficient (Wildman–Crippen LogP) is 6.34. The van der Waals surface area contributed by atoms with Gasteiger partial charge in [0.25, 0.3) is 0 Å². The zero-order chi connectivity index (χ0) is 12.4. The van der Waals surface area contributed by atoms with Gasteiger partial charge in [-0.1, -0.05) is 51.3 Å². The Morgan fingerprint density at radius 2 is 2.00 bits per heavy atom. The van der Waals surface area contributed by atoms with Gasteiger partial charge >= 0.3 is 0 Å². The molecule has 0 aliphatic rings. The van der Waals surface area contributed by atoms with Gasteiger partial charge in [-0.3, -0.25) is 0 Å². The van der Waals surface area contributed by atoms with Crippen LogP contribution in [-0.2, 0) is 6.42 Å². The second kappa shape index (κ2) is 5.94. The highest BCUT2D eigenvalue weighted by Gasteiger charge is 2.15. The molecule has 1 aromatic carbocycles. The normalized spacial score (nSPS) is 12.7. The zero-order valence-corrected chi connectivity index (χ0v) is 13.3. The van der Waals surface area contributed by atoms with Crippen LogP contribution < -0.4 is 0 Å². The Morgan fingerprint density at radius 3 is 2.59 bits per heavy atom. The minimum absolute atomic E-state index is 0.152. The van der Waals surface area contributed by atoms with Crippen molar-refractivity contribution in [2.75, 3.05) is 0 Å². The first kappa shape index (κ1) is 13.7. The van der Waals surface area contributed by atoms with Crippen molar-refractivity contribution >= 4 is 62.1 Å². The zero-order valence-electron chi connectivity index (χ0n) is 8.59. The number of hydrogen-bond donors (Lipinski definition) is 0. The fourth-order valence-electron chi connectivity index (χ4n) is 1.55. The molecule has 0 saturated heterocycles. The molecule has 0 spiro atoms. The van der Waals surface area contributed by atoms with Crippen molar-refractivity contribution in [1.82, 2.24) is 0 Å². The van der Waals surface area contributed by atoms with E-state index in [1.165, 1.54) is 11.3 Å². The quantitative estimate of drug-likeness (QED) is 0.553. The minimum atomic E-state index is -0.152. The van der Waals surface area contributed by atoms with Crippen molar-refractivity contribution < 1.29 is 0 Å². The van der Waals surface area contributed by atoms with Crippen LogP contribution >= 0.6 is 62.1 Å². The first-order chi connectivity index (χ1) is 8.06. The highest BCUT2D eigenvalue weighted by molar-refractivity contribution is 9.10. The van der Waals surface area contributed by atoms with Crippen molar-refractivity contribution in [3.05, 3.63) is 54.6 Å². The lowest BCUT2D eigenvalue weighted by Gasteiger charge is -2.08. The summed E-state index contributed by atoms with van der Waals surface area (Å²) >= 11 is 23.1. The van der Waals surface area contributed by atoms with Gasteiger partial charge in [-0.25, -0.2) is 0 Å². The second-order valence-corrected chi connectivity index (χ2v) is 7.31. The van der Waals surface area contributed by atoms with E-state index >= 15 is 0 Å². The third-order valence-corrected chi connectivity index (χ3v) is 4.73. The molecule has 0 amide bonds. The van der Waals surface area contributed by atoms with Crippen LogP contribution in [0, 0.1) is 0 Å². The summed E-state index contributed by atoms with van der Waals surface area (Å²) in [6.07, 6.45) is 0.730. The average Bonchev–Trinajstić information content (AvgIpc) is 2.58. The summed E-state index contributed by atoms with van der Waals surface area (Å²) < 4.78 is 2.39. The number of benzene rings is 1. The van der Waals surface area contributed by atoms with E-state index in [1.54, 1.807) is 0 Å². The van der Waals surface area contributed by atoms with E-state index < -0.39 is 0 Å². The molecule has 17 heavy (non-hydrogen) atoms. The lowest BCUT2D eigenvalue weighted by atomic mass is 10.1. The molecule has 0 bridgehead atoms. The molecule has 0 nitrogen and oxygen atoms in total. The van der Waals surface area contributed by atoms with Crippen LogP contribution in [0.2, 0.25) is 8.67 Å². The Bertz CT molecular complexity index is 524. The van der Waals surface area contributed by atoms with Gasteiger partial charge in [0.05, 0.1) is 14.0 Å². The minimum Gasteiger partial charge on any atom is -0.117 e. The Morgan fingerprint density at radius 1 is 1.24 bits per heavy atom. The van der Waals surface area contributed by atoms with Gasteiger partial charge in [-0.05, 0) is 30.2 Å². The first-order valence-corrected chi connectivity index (χ1v) is 7.69. The average molecular weight is 371 g/mol. The summed E-state index contributed by atoms with van der Waals surface area (Å²) in [5, 5.41) is -0.152. The van der Waals surface area contributed by atoms with Crippen LogP contribution in [-0.4, -0.2) is 0 Å². The predicted molar refractivity (Wildman–Crippen MR) is 80.8 cm³/mol. The Hall–Kier alpha value is 0.270. The molecule has 0 aliphatic heterocycles. The maximum absolute atomic E-state index is 6.36. The molecule has 5 heteroatoms. The van der Waals surface area contributed by atoms with Gasteiger partial charge in [-0.2, -0.15) is 0 Å². The summed E-state index contributed by atoms with van der Waals surface area (Å²) in [6.45, 7) is 0. The summed E-state index contributed by atoms with van der Waals surface area (Å²) in [7, 11) is 0. The molecule has 1 aromatic heterocycles. The molecular weight excluding hydrogens is 362 g/mol. The lowest BCUT2D eigenvalue weighted by molar-refractivity contribution is 0.924. The molecule has 0 saturated carbocycles. The number of thiophene rings is 1. The number of halogens is 4. The van der Waals surface area contributed by atoms with Crippen LogP contribution in [0.15, 0.2) is 34.8 Å². The van der Waals surface area contributed by atoms with Crippen molar-refractivity contribution in [3.8, 4) is 0 Å². The SMILES string of the molecule is Clc1cc(C(Cl)Cc2cccc(Br)c2)c(Cl)s1. The molecular formula is C12H8BrCl3S. The van der Waals surface area contributed by atoms with Crippen LogP contribution in [0.3, 0.4) is 0 Å². The maximum atomic E-state index is 6.36. The fraction of sp³-hybridized carbons (Fsp3) is 0.167. The molecule has 90 valence electrons. The molecule has 0 aliphatic carbocycles. The molecule has 2 rings (SSSR count). The Kier molecular flexibility index (Phi) is 4.79. The van der Waals surface area contributed by atoms with E-state index in [1.807, 2.05) is 24.3 Å².